The van der Waals surface area contributed by atoms with Crippen LogP contribution in [0.4, 0.5) is 25.8 Å². The van der Waals surface area contributed by atoms with Gasteiger partial charge in [-0.25, -0.2) is 9.37 Å². The molecule has 0 fully saturated rings. The smallest absolute Gasteiger partial charge is 0.249 e. The molecule has 36 heavy (non-hydrogen) atoms. The van der Waals surface area contributed by atoms with E-state index in [1.807, 2.05) is 6.07 Å². The first-order valence-electron chi connectivity index (χ1n) is 10.3. The van der Waals surface area contributed by atoms with Gasteiger partial charge in [-0.15, -0.1) is 5.10 Å². The van der Waals surface area contributed by atoms with Gasteiger partial charge in [0.1, 0.15) is 17.8 Å². The monoisotopic (exact) mass is 523 g/mol. The number of rotatable bonds is 6. The standard InChI is InChI=1S/C23H13Cl2F2N9/c24-16-1-2-29-9-15(16)22(19-10-32-36-35-19)33-12-3-14-20(34-13-5-18(26)23(27)31-8-13)11(6-28)7-30-21(14)17(25)4-12/h1-5,7-10,22,33H,(H,30,34)(H,32,35,36). The summed E-state index contributed by atoms with van der Waals surface area (Å²) in [4.78, 5) is 11.8. The summed E-state index contributed by atoms with van der Waals surface area (Å²) in [6, 6.07) is 7.44. The van der Waals surface area contributed by atoms with Crippen LogP contribution in [0.1, 0.15) is 22.9 Å². The quantitative estimate of drug-likeness (QED) is 0.247. The Labute approximate surface area is 212 Å². The molecule has 5 aromatic rings. The van der Waals surface area contributed by atoms with E-state index in [1.165, 1.54) is 6.20 Å². The molecule has 0 saturated heterocycles. The number of anilines is 3. The van der Waals surface area contributed by atoms with E-state index in [0.717, 1.165) is 12.3 Å². The summed E-state index contributed by atoms with van der Waals surface area (Å²) >= 11 is 13.0. The topological polar surface area (TPSA) is 128 Å². The SMILES string of the molecule is N#Cc1cnc2c(Cl)cc(NC(c3c[nH]nn3)c3cnccc3Cl)cc2c1Nc1cnc(F)c(F)c1. The van der Waals surface area contributed by atoms with Gasteiger partial charge in [-0.1, -0.05) is 28.4 Å². The van der Waals surface area contributed by atoms with Crippen LogP contribution in [-0.4, -0.2) is 30.4 Å². The molecular weight excluding hydrogens is 511 g/mol. The van der Waals surface area contributed by atoms with Crippen molar-refractivity contribution in [2.24, 2.45) is 0 Å². The Kier molecular flexibility index (Phi) is 6.28. The second-order valence-electron chi connectivity index (χ2n) is 7.51. The third-order valence-corrected chi connectivity index (χ3v) is 5.89. The lowest BCUT2D eigenvalue weighted by Crippen LogP contribution is -2.14. The van der Waals surface area contributed by atoms with E-state index in [2.05, 4.69) is 41.0 Å². The predicted octanol–water partition coefficient (Wildman–Crippen LogP) is 5.54. The lowest BCUT2D eigenvalue weighted by molar-refractivity contribution is 0.480. The number of hydrogen-bond acceptors (Lipinski definition) is 8. The number of nitrogens with zero attached hydrogens (tertiary/aromatic N) is 6. The molecule has 0 spiro atoms. The maximum absolute atomic E-state index is 13.8. The van der Waals surface area contributed by atoms with Crippen LogP contribution in [0, 0.1) is 23.1 Å². The van der Waals surface area contributed by atoms with Gasteiger partial charge in [0.25, 0.3) is 0 Å². The summed E-state index contributed by atoms with van der Waals surface area (Å²) in [5.41, 5.74) is 2.67. The molecule has 1 aromatic carbocycles. The highest BCUT2D eigenvalue weighted by Crippen LogP contribution is 2.37. The Morgan fingerprint density at radius 3 is 2.61 bits per heavy atom. The van der Waals surface area contributed by atoms with Crippen molar-refractivity contribution in [1.82, 2.24) is 30.4 Å². The molecule has 13 heteroatoms. The highest BCUT2D eigenvalue weighted by Gasteiger charge is 2.21. The number of halogens is 4. The highest BCUT2D eigenvalue weighted by molar-refractivity contribution is 6.36. The molecular formula is C23H13Cl2F2N9. The Hall–Kier alpha value is -4.40. The van der Waals surface area contributed by atoms with Gasteiger partial charge in [0.05, 0.1) is 33.7 Å². The van der Waals surface area contributed by atoms with Crippen LogP contribution in [0.15, 0.2) is 55.2 Å². The minimum Gasteiger partial charge on any atom is -0.373 e. The maximum Gasteiger partial charge on any atom is 0.249 e. The van der Waals surface area contributed by atoms with E-state index in [9.17, 15) is 14.0 Å². The number of pyridine rings is 3. The van der Waals surface area contributed by atoms with Crippen LogP contribution in [0.3, 0.4) is 0 Å². The van der Waals surface area contributed by atoms with Gasteiger partial charge in [0.15, 0.2) is 5.82 Å². The van der Waals surface area contributed by atoms with E-state index in [0.29, 0.717) is 38.6 Å². The molecule has 1 unspecified atom stereocenters. The summed E-state index contributed by atoms with van der Waals surface area (Å²) in [6.07, 6.45) is 7.24. The summed E-state index contributed by atoms with van der Waals surface area (Å²) in [5, 5.41) is 27.7. The third kappa shape index (κ3) is 4.47. The van der Waals surface area contributed by atoms with Crippen LogP contribution in [0.5, 0.6) is 0 Å². The van der Waals surface area contributed by atoms with Gasteiger partial charge in [0.2, 0.25) is 5.95 Å². The average Bonchev–Trinajstić information content (AvgIpc) is 3.40. The lowest BCUT2D eigenvalue weighted by Gasteiger charge is -2.20. The van der Waals surface area contributed by atoms with Gasteiger partial charge in [-0.3, -0.25) is 15.1 Å². The molecule has 178 valence electrons. The van der Waals surface area contributed by atoms with Gasteiger partial charge in [0, 0.05) is 52.5 Å². The summed E-state index contributed by atoms with van der Waals surface area (Å²) in [5.74, 6) is -2.37. The normalized spacial score (nSPS) is 11.8. The zero-order valence-electron chi connectivity index (χ0n) is 18.0. The van der Waals surface area contributed by atoms with Crippen molar-refractivity contribution in [3.63, 3.8) is 0 Å². The minimum atomic E-state index is -1.23. The zero-order chi connectivity index (χ0) is 25.2. The first kappa shape index (κ1) is 23.3. The number of aromatic amines is 1. The van der Waals surface area contributed by atoms with Crippen molar-refractivity contribution in [2.45, 2.75) is 6.04 Å². The fourth-order valence-electron chi connectivity index (χ4n) is 3.63. The summed E-state index contributed by atoms with van der Waals surface area (Å²) in [6.45, 7) is 0. The van der Waals surface area contributed by atoms with Crippen molar-refractivity contribution in [3.05, 3.63) is 93.9 Å². The number of nitriles is 1. The van der Waals surface area contributed by atoms with E-state index in [-0.39, 0.29) is 16.3 Å². The summed E-state index contributed by atoms with van der Waals surface area (Å²) < 4.78 is 27.1. The number of H-pyrrole nitrogens is 1. The first-order valence-corrected chi connectivity index (χ1v) is 11.0. The molecule has 5 rings (SSSR count). The molecule has 0 saturated carbocycles. The van der Waals surface area contributed by atoms with E-state index >= 15 is 0 Å². The van der Waals surface area contributed by atoms with Crippen LogP contribution < -0.4 is 10.6 Å². The van der Waals surface area contributed by atoms with E-state index in [4.69, 9.17) is 23.2 Å². The highest BCUT2D eigenvalue weighted by atomic mass is 35.5. The summed E-state index contributed by atoms with van der Waals surface area (Å²) in [7, 11) is 0. The third-order valence-electron chi connectivity index (χ3n) is 5.26. The second kappa shape index (κ2) is 9.69. The molecule has 4 heterocycles. The fraction of sp³-hybridized carbons (Fsp3) is 0.0435. The van der Waals surface area contributed by atoms with Crippen LogP contribution in [-0.2, 0) is 0 Å². The number of hydrogen-bond donors (Lipinski definition) is 3. The van der Waals surface area contributed by atoms with Crippen molar-refractivity contribution in [2.75, 3.05) is 10.6 Å². The maximum atomic E-state index is 13.8. The van der Waals surface area contributed by atoms with E-state index < -0.39 is 17.8 Å². The van der Waals surface area contributed by atoms with Crippen molar-refractivity contribution in [1.29, 1.82) is 5.26 Å². The Balaban J connectivity index is 1.63. The zero-order valence-corrected chi connectivity index (χ0v) is 19.5. The molecule has 1 atom stereocenters. The van der Waals surface area contributed by atoms with E-state index in [1.54, 1.807) is 36.8 Å². The molecule has 0 amide bonds. The largest absolute Gasteiger partial charge is 0.373 e. The van der Waals surface area contributed by atoms with Gasteiger partial charge >= 0.3 is 0 Å². The fourth-order valence-corrected chi connectivity index (χ4v) is 4.11. The van der Waals surface area contributed by atoms with Crippen LogP contribution >= 0.6 is 23.2 Å². The van der Waals surface area contributed by atoms with Crippen molar-refractivity contribution in [3.8, 4) is 6.07 Å². The molecule has 4 aromatic heterocycles. The molecule has 0 radical (unpaired) electrons. The van der Waals surface area contributed by atoms with Gasteiger partial charge < -0.3 is 10.6 Å². The molecule has 0 aliphatic heterocycles. The number of benzene rings is 1. The van der Waals surface area contributed by atoms with Gasteiger partial charge in [-0.2, -0.15) is 9.65 Å². The predicted molar refractivity (Wildman–Crippen MR) is 130 cm³/mol. The Bertz CT molecular complexity index is 1620. The average molecular weight is 524 g/mol. The Morgan fingerprint density at radius 1 is 1.03 bits per heavy atom. The van der Waals surface area contributed by atoms with Crippen LogP contribution in [0.25, 0.3) is 10.9 Å². The molecule has 0 aliphatic carbocycles. The number of nitrogens with one attached hydrogen (secondary N) is 3. The lowest BCUT2D eigenvalue weighted by atomic mass is 10.0. The van der Waals surface area contributed by atoms with Gasteiger partial charge in [-0.05, 0) is 18.2 Å². The van der Waals surface area contributed by atoms with Crippen LogP contribution in [0.2, 0.25) is 10.0 Å². The minimum absolute atomic E-state index is 0.134. The molecule has 0 aliphatic rings. The first-order chi connectivity index (χ1) is 17.4. The second-order valence-corrected chi connectivity index (χ2v) is 8.32. The van der Waals surface area contributed by atoms with Crippen molar-refractivity contribution >= 4 is 51.2 Å². The number of fused-ring (bicyclic) bond motifs is 1. The molecule has 0 bridgehead atoms. The number of aromatic nitrogens is 6. The molecule has 3 N–H and O–H groups in total. The molecule has 9 nitrogen and oxygen atoms in total. The Morgan fingerprint density at radius 2 is 1.89 bits per heavy atom. The van der Waals surface area contributed by atoms with Crippen molar-refractivity contribution < 1.29 is 8.78 Å².